The van der Waals surface area contributed by atoms with Crippen molar-refractivity contribution in [2.24, 2.45) is 5.84 Å². The van der Waals surface area contributed by atoms with Gasteiger partial charge in [0.25, 0.3) is 5.91 Å². The number of aromatic nitrogens is 1. The molecule has 0 saturated carbocycles. The summed E-state index contributed by atoms with van der Waals surface area (Å²) >= 11 is 0. The van der Waals surface area contributed by atoms with Gasteiger partial charge in [0.15, 0.2) is 0 Å². The molecule has 0 radical (unpaired) electrons. The number of likely N-dealkylation sites (N-methyl/N-ethyl adjacent to an activating group) is 1. The number of para-hydroxylation sites is 1. The summed E-state index contributed by atoms with van der Waals surface area (Å²) < 4.78 is 5.32. The van der Waals surface area contributed by atoms with E-state index < -0.39 is 0 Å². The molecule has 0 fully saturated rings. The number of fused-ring (bicyclic) bond motifs is 1. The van der Waals surface area contributed by atoms with Crippen LogP contribution in [0.3, 0.4) is 0 Å². The largest absolute Gasteiger partial charge is 0.367 e. The molecule has 17 heavy (non-hydrogen) atoms. The van der Waals surface area contributed by atoms with Crippen LogP contribution in [0.15, 0.2) is 30.5 Å². The molecule has 1 aromatic heterocycles. The van der Waals surface area contributed by atoms with E-state index in [-0.39, 0.29) is 12.5 Å². The van der Waals surface area contributed by atoms with Crippen molar-refractivity contribution >= 4 is 16.8 Å². The normalized spacial score (nSPS) is 10.7. The molecular formula is C12H15N3O2. The summed E-state index contributed by atoms with van der Waals surface area (Å²) in [5, 5.41) is 2.14. The third-order valence-corrected chi connectivity index (χ3v) is 2.55. The van der Waals surface area contributed by atoms with Gasteiger partial charge in [0.2, 0.25) is 0 Å². The molecule has 0 atom stereocenters. The zero-order chi connectivity index (χ0) is 12.3. The average Bonchev–Trinajstić information content (AvgIpc) is 2.72. The molecule has 2 rings (SSSR count). The van der Waals surface area contributed by atoms with E-state index >= 15 is 0 Å². The second kappa shape index (κ2) is 4.99. The number of amides is 1. The minimum Gasteiger partial charge on any atom is -0.367 e. The molecule has 1 aromatic carbocycles. The fraction of sp³-hybridized carbons (Fsp3) is 0.250. The molecule has 1 amide bonds. The molecule has 5 heteroatoms. The van der Waals surface area contributed by atoms with Gasteiger partial charge in [0, 0.05) is 29.7 Å². The van der Waals surface area contributed by atoms with Crippen molar-refractivity contribution in [3.05, 3.63) is 36.0 Å². The number of H-pyrrole nitrogens is 1. The van der Waals surface area contributed by atoms with Gasteiger partial charge in [0.05, 0.1) is 6.61 Å². The number of benzene rings is 1. The minimum atomic E-state index is -0.246. The Hall–Kier alpha value is -1.85. The highest BCUT2D eigenvalue weighted by Crippen LogP contribution is 2.18. The molecule has 0 spiro atoms. The zero-order valence-corrected chi connectivity index (χ0v) is 9.64. The van der Waals surface area contributed by atoms with E-state index in [0.717, 1.165) is 21.5 Å². The molecule has 0 aliphatic heterocycles. The van der Waals surface area contributed by atoms with Gasteiger partial charge in [-0.2, -0.15) is 0 Å². The van der Waals surface area contributed by atoms with Gasteiger partial charge in [-0.3, -0.25) is 9.80 Å². The summed E-state index contributed by atoms with van der Waals surface area (Å²) in [6.45, 7) is 0.385. The SMILES string of the molecule is CN(N)C(=O)COCc1c[nH]c2ccccc12. The van der Waals surface area contributed by atoms with Crippen LogP contribution in [0.2, 0.25) is 0 Å². The molecule has 3 N–H and O–H groups in total. The van der Waals surface area contributed by atoms with Crippen LogP contribution in [-0.2, 0) is 16.1 Å². The maximum Gasteiger partial charge on any atom is 0.262 e. The summed E-state index contributed by atoms with van der Waals surface area (Å²) in [5.41, 5.74) is 2.10. The minimum absolute atomic E-state index is 0.00743. The number of nitrogens with one attached hydrogen (secondary N) is 1. The van der Waals surface area contributed by atoms with E-state index in [0.29, 0.717) is 6.61 Å². The molecule has 90 valence electrons. The van der Waals surface area contributed by atoms with E-state index in [4.69, 9.17) is 10.6 Å². The number of nitrogens with zero attached hydrogens (tertiary/aromatic N) is 1. The van der Waals surface area contributed by atoms with Gasteiger partial charge in [-0.1, -0.05) is 18.2 Å². The fourth-order valence-electron chi connectivity index (χ4n) is 1.60. The van der Waals surface area contributed by atoms with Crippen LogP contribution in [0.1, 0.15) is 5.56 Å². The Labute approximate surface area is 99.1 Å². The highest BCUT2D eigenvalue weighted by molar-refractivity contribution is 5.83. The van der Waals surface area contributed by atoms with E-state index in [1.807, 2.05) is 30.5 Å². The predicted molar refractivity (Wildman–Crippen MR) is 64.9 cm³/mol. The number of carbonyl (C=O) groups excluding carboxylic acids is 1. The Morgan fingerprint density at radius 1 is 1.47 bits per heavy atom. The molecular weight excluding hydrogens is 218 g/mol. The van der Waals surface area contributed by atoms with E-state index in [1.54, 1.807) is 0 Å². The van der Waals surface area contributed by atoms with Crippen molar-refractivity contribution in [3.63, 3.8) is 0 Å². The summed E-state index contributed by atoms with van der Waals surface area (Å²) in [5.74, 6) is 5.04. The van der Waals surface area contributed by atoms with Gasteiger partial charge in [-0.25, -0.2) is 5.84 Å². The first-order valence-electron chi connectivity index (χ1n) is 5.32. The lowest BCUT2D eigenvalue weighted by Gasteiger charge is -2.09. The highest BCUT2D eigenvalue weighted by Gasteiger charge is 2.06. The Bertz CT molecular complexity index is 519. The number of rotatable bonds is 4. The summed E-state index contributed by atoms with van der Waals surface area (Å²) in [4.78, 5) is 14.4. The maximum absolute atomic E-state index is 11.2. The molecule has 2 aromatic rings. The summed E-state index contributed by atoms with van der Waals surface area (Å²) in [6.07, 6.45) is 1.89. The van der Waals surface area contributed by atoms with Crippen molar-refractivity contribution in [2.75, 3.05) is 13.7 Å². The zero-order valence-electron chi connectivity index (χ0n) is 9.64. The summed E-state index contributed by atoms with van der Waals surface area (Å²) in [6, 6.07) is 7.95. The van der Waals surface area contributed by atoms with E-state index in [2.05, 4.69) is 4.98 Å². The Morgan fingerprint density at radius 3 is 3.00 bits per heavy atom. The van der Waals surface area contributed by atoms with Crippen LogP contribution < -0.4 is 5.84 Å². The van der Waals surface area contributed by atoms with Crippen LogP contribution in [0.4, 0.5) is 0 Å². The molecule has 0 aliphatic carbocycles. The molecule has 5 nitrogen and oxygen atoms in total. The lowest BCUT2D eigenvalue weighted by Crippen LogP contribution is -2.35. The van der Waals surface area contributed by atoms with Crippen LogP contribution in [-0.4, -0.2) is 29.6 Å². The van der Waals surface area contributed by atoms with Gasteiger partial charge in [-0.15, -0.1) is 0 Å². The molecule has 0 bridgehead atoms. The third kappa shape index (κ3) is 2.64. The first kappa shape index (κ1) is 11.6. The van der Waals surface area contributed by atoms with Crippen molar-refractivity contribution in [2.45, 2.75) is 6.61 Å². The van der Waals surface area contributed by atoms with Crippen molar-refractivity contribution < 1.29 is 9.53 Å². The van der Waals surface area contributed by atoms with Gasteiger partial charge >= 0.3 is 0 Å². The maximum atomic E-state index is 11.2. The molecule has 0 unspecified atom stereocenters. The second-order valence-corrected chi connectivity index (χ2v) is 3.86. The number of nitrogens with two attached hydrogens (primary N) is 1. The monoisotopic (exact) mass is 233 g/mol. The van der Waals surface area contributed by atoms with Gasteiger partial charge in [-0.05, 0) is 6.07 Å². The van der Waals surface area contributed by atoms with Crippen LogP contribution >= 0.6 is 0 Å². The number of hydrogen-bond donors (Lipinski definition) is 2. The lowest BCUT2D eigenvalue weighted by atomic mass is 10.2. The smallest absolute Gasteiger partial charge is 0.262 e. The van der Waals surface area contributed by atoms with Crippen molar-refractivity contribution in [1.82, 2.24) is 9.99 Å². The quantitative estimate of drug-likeness (QED) is 0.470. The number of hydrogen-bond acceptors (Lipinski definition) is 3. The van der Waals surface area contributed by atoms with Crippen LogP contribution in [0.25, 0.3) is 10.9 Å². The fourth-order valence-corrected chi connectivity index (χ4v) is 1.60. The van der Waals surface area contributed by atoms with Crippen LogP contribution in [0.5, 0.6) is 0 Å². The lowest BCUT2D eigenvalue weighted by molar-refractivity contribution is -0.135. The number of aromatic amines is 1. The van der Waals surface area contributed by atoms with Crippen molar-refractivity contribution in [3.8, 4) is 0 Å². The topological polar surface area (TPSA) is 71.3 Å². The summed E-state index contributed by atoms with van der Waals surface area (Å²) in [7, 11) is 1.50. The van der Waals surface area contributed by atoms with Gasteiger partial charge < -0.3 is 9.72 Å². The van der Waals surface area contributed by atoms with Crippen molar-refractivity contribution in [1.29, 1.82) is 0 Å². The first-order chi connectivity index (χ1) is 8.18. The molecule has 1 heterocycles. The number of ether oxygens (including phenoxy) is 1. The average molecular weight is 233 g/mol. The Kier molecular flexibility index (Phi) is 3.41. The predicted octanol–water partition coefficient (Wildman–Crippen LogP) is 1.02. The van der Waals surface area contributed by atoms with Gasteiger partial charge in [0.1, 0.15) is 6.61 Å². The first-order valence-corrected chi connectivity index (χ1v) is 5.32. The molecule has 0 saturated heterocycles. The third-order valence-electron chi connectivity index (χ3n) is 2.55. The highest BCUT2D eigenvalue weighted by atomic mass is 16.5. The standard InChI is InChI=1S/C12H15N3O2/c1-15(13)12(16)8-17-7-9-6-14-11-5-3-2-4-10(9)11/h2-6,14H,7-8,13H2,1H3. The van der Waals surface area contributed by atoms with E-state index in [9.17, 15) is 4.79 Å². The van der Waals surface area contributed by atoms with Crippen LogP contribution in [0, 0.1) is 0 Å². The Balaban J connectivity index is 1.98. The molecule has 0 aliphatic rings. The van der Waals surface area contributed by atoms with E-state index in [1.165, 1.54) is 7.05 Å². The Morgan fingerprint density at radius 2 is 2.24 bits per heavy atom. The number of carbonyl (C=O) groups is 1. The second-order valence-electron chi connectivity index (χ2n) is 3.86. The number of hydrazine groups is 1.